The predicted molar refractivity (Wildman–Crippen MR) is 99.8 cm³/mol. The van der Waals surface area contributed by atoms with E-state index in [0.717, 1.165) is 23.4 Å². The molecule has 0 saturated heterocycles. The second kappa shape index (κ2) is 6.67. The number of hydrogen-bond acceptors (Lipinski definition) is 1. The number of urea groups is 1. The van der Waals surface area contributed by atoms with Crippen LogP contribution in [-0.2, 0) is 6.54 Å². The zero-order chi connectivity index (χ0) is 18.1. The maximum atomic E-state index is 14.0. The third-order valence-corrected chi connectivity index (χ3v) is 4.85. The molecule has 5 heteroatoms. The number of carbonyl (C=O) groups excluding carboxylic acids is 1. The number of amides is 2. The average Bonchev–Trinajstić information content (AvgIpc) is 3.08. The average molecular weight is 349 g/mol. The number of aromatic nitrogens is 1. The first kappa shape index (κ1) is 16.4. The standard InChI is InChI=1S/C21H20FN3O/c1-2-18-20-12-7-13-24(20)19-11-6-3-8-15(19)14-25(18)21(26)23-17-10-5-4-9-16(17)22/h3-13,18H,2,14H2,1H3,(H,23,26)/t18-/m0/s1. The highest BCUT2D eigenvalue weighted by Crippen LogP contribution is 2.34. The Morgan fingerprint density at radius 2 is 1.88 bits per heavy atom. The molecular formula is C21H20FN3O. The van der Waals surface area contributed by atoms with E-state index in [1.54, 1.807) is 23.1 Å². The van der Waals surface area contributed by atoms with Crippen LogP contribution in [0.15, 0.2) is 66.9 Å². The molecule has 0 unspecified atom stereocenters. The lowest BCUT2D eigenvalue weighted by Crippen LogP contribution is -2.37. The van der Waals surface area contributed by atoms with Crippen molar-refractivity contribution in [3.63, 3.8) is 0 Å². The lowest BCUT2D eigenvalue weighted by Gasteiger charge is -2.29. The van der Waals surface area contributed by atoms with Gasteiger partial charge in [0, 0.05) is 11.9 Å². The molecule has 2 aromatic carbocycles. The van der Waals surface area contributed by atoms with Crippen LogP contribution in [0.3, 0.4) is 0 Å². The van der Waals surface area contributed by atoms with Crippen molar-refractivity contribution >= 4 is 11.7 Å². The van der Waals surface area contributed by atoms with Gasteiger partial charge in [-0.2, -0.15) is 0 Å². The monoisotopic (exact) mass is 349 g/mol. The summed E-state index contributed by atoms with van der Waals surface area (Å²) in [6.45, 7) is 2.53. The number of rotatable bonds is 2. The smallest absolute Gasteiger partial charge is 0.318 e. The fraction of sp³-hybridized carbons (Fsp3) is 0.190. The van der Waals surface area contributed by atoms with Crippen LogP contribution >= 0.6 is 0 Å². The van der Waals surface area contributed by atoms with E-state index in [4.69, 9.17) is 0 Å². The minimum Gasteiger partial charge on any atom is -0.318 e. The van der Waals surface area contributed by atoms with Crippen LogP contribution in [0.1, 0.15) is 30.6 Å². The van der Waals surface area contributed by atoms with Gasteiger partial charge in [0.05, 0.1) is 24.0 Å². The van der Waals surface area contributed by atoms with Crippen molar-refractivity contribution in [3.8, 4) is 5.69 Å². The first-order chi connectivity index (χ1) is 12.7. The minimum atomic E-state index is -0.438. The normalized spacial score (nSPS) is 15.8. The minimum absolute atomic E-state index is 0.0934. The molecule has 0 saturated carbocycles. The maximum Gasteiger partial charge on any atom is 0.322 e. The van der Waals surface area contributed by atoms with Gasteiger partial charge in [-0.25, -0.2) is 9.18 Å². The molecule has 4 nitrogen and oxygen atoms in total. The fourth-order valence-corrected chi connectivity index (χ4v) is 3.61. The molecule has 1 atom stereocenters. The summed E-state index contributed by atoms with van der Waals surface area (Å²) in [5.41, 5.74) is 3.39. The van der Waals surface area contributed by atoms with Gasteiger partial charge in [0.15, 0.2) is 0 Å². The van der Waals surface area contributed by atoms with Crippen molar-refractivity contribution in [1.82, 2.24) is 9.47 Å². The lowest BCUT2D eigenvalue weighted by atomic mass is 10.1. The molecule has 4 rings (SSSR count). The molecule has 1 N–H and O–H groups in total. The van der Waals surface area contributed by atoms with Crippen molar-refractivity contribution in [3.05, 3.63) is 83.9 Å². The lowest BCUT2D eigenvalue weighted by molar-refractivity contribution is 0.181. The first-order valence-corrected chi connectivity index (χ1v) is 8.76. The largest absolute Gasteiger partial charge is 0.322 e. The molecule has 1 aliphatic rings. The van der Waals surface area contributed by atoms with E-state index in [-0.39, 0.29) is 17.8 Å². The van der Waals surface area contributed by atoms with Gasteiger partial charge >= 0.3 is 6.03 Å². The zero-order valence-corrected chi connectivity index (χ0v) is 14.5. The molecule has 0 aliphatic carbocycles. The van der Waals surface area contributed by atoms with Crippen LogP contribution in [0.2, 0.25) is 0 Å². The summed E-state index contributed by atoms with van der Waals surface area (Å²) >= 11 is 0. The van der Waals surface area contributed by atoms with Crippen molar-refractivity contribution in [2.24, 2.45) is 0 Å². The van der Waals surface area contributed by atoms with Crippen LogP contribution in [0.25, 0.3) is 5.69 Å². The van der Waals surface area contributed by atoms with Gasteiger partial charge in [-0.3, -0.25) is 0 Å². The van der Waals surface area contributed by atoms with Gasteiger partial charge in [0.2, 0.25) is 0 Å². The van der Waals surface area contributed by atoms with Gasteiger partial charge in [0.1, 0.15) is 5.82 Å². The van der Waals surface area contributed by atoms with Crippen LogP contribution < -0.4 is 5.32 Å². The van der Waals surface area contributed by atoms with Gasteiger partial charge < -0.3 is 14.8 Å². The van der Waals surface area contributed by atoms with Gasteiger partial charge in [-0.15, -0.1) is 0 Å². The number of anilines is 1. The molecule has 0 spiro atoms. The Morgan fingerprint density at radius 1 is 1.12 bits per heavy atom. The highest BCUT2D eigenvalue weighted by atomic mass is 19.1. The predicted octanol–water partition coefficient (Wildman–Crippen LogP) is 5.12. The number of carbonyl (C=O) groups is 1. The Morgan fingerprint density at radius 3 is 2.69 bits per heavy atom. The SMILES string of the molecule is CC[C@H]1c2cccn2-c2ccccc2CN1C(=O)Nc1ccccc1F. The zero-order valence-electron chi connectivity index (χ0n) is 14.5. The van der Waals surface area contributed by atoms with E-state index in [1.807, 2.05) is 36.5 Å². The quantitative estimate of drug-likeness (QED) is 0.685. The first-order valence-electron chi connectivity index (χ1n) is 8.76. The molecule has 2 amide bonds. The van der Waals surface area contributed by atoms with Crippen LogP contribution in [0.5, 0.6) is 0 Å². The molecule has 3 aromatic rings. The van der Waals surface area contributed by atoms with E-state index >= 15 is 0 Å². The molecule has 1 aliphatic heterocycles. The number of fused-ring (bicyclic) bond motifs is 3. The number of benzene rings is 2. The summed E-state index contributed by atoms with van der Waals surface area (Å²) in [6.07, 6.45) is 2.79. The Labute approximate surface area is 151 Å². The summed E-state index contributed by atoms with van der Waals surface area (Å²) in [4.78, 5) is 14.8. The van der Waals surface area contributed by atoms with Gasteiger partial charge in [0.25, 0.3) is 0 Å². The highest BCUT2D eigenvalue weighted by molar-refractivity contribution is 5.90. The Bertz CT molecular complexity index is 950. The second-order valence-electron chi connectivity index (χ2n) is 6.39. The molecular weight excluding hydrogens is 329 g/mol. The molecule has 0 bridgehead atoms. The van der Waals surface area contributed by atoms with Crippen molar-refractivity contribution < 1.29 is 9.18 Å². The van der Waals surface area contributed by atoms with Crippen LogP contribution in [0.4, 0.5) is 14.9 Å². The number of nitrogens with zero attached hydrogens (tertiary/aromatic N) is 2. The fourth-order valence-electron chi connectivity index (χ4n) is 3.61. The van der Waals surface area contributed by atoms with Crippen molar-refractivity contribution in [1.29, 1.82) is 0 Å². The van der Waals surface area contributed by atoms with E-state index < -0.39 is 5.82 Å². The summed E-state index contributed by atoms with van der Waals surface area (Å²) in [5.74, 6) is -0.438. The van der Waals surface area contributed by atoms with Crippen LogP contribution in [-0.4, -0.2) is 15.5 Å². The third-order valence-electron chi connectivity index (χ3n) is 4.85. The number of nitrogens with one attached hydrogen (secondary N) is 1. The molecule has 0 radical (unpaired) electrons. The second-order valence-corrected chi connectivity index (χ2v) is 6.39. The van der Waals surface area contributed by atoms with Gasteiger partial charge in [-0.1, -0.05) is 37.3 Å². The van der Waals surface area contributed by atoms with Crippen molar-refractivity contribution in [2.45, 2.75) is 25.9 Å². The third kappa shape index (κ3) is 2.75. The van der Waals surface area contributed by atoms with Crippen molar-refractivity contribution in [2.75, 3.05) is 5.32 Å². The Kier molecular flexibility index (Phi) is 4.21. The number of hydrogen-bond donors (Lipinski definition) is 1. The van der Waals surface area contributed by atoms with E-state index in [0.29, 0.717) is 6.54 Å². The summed E-state index contributed by atoms with van der Waals surface area (Å²) in [7, 11) is 0. The summed E-state index contributed by atoms with van der Waals surface area (Å²) < 4.78 is 16.1. The summed E-state index contributed by atoms with van der Waals surface area (Å²) in [6, 6.07) is 17.9. The Hall–Kier alpha value is -3.08. The molecule has 0 fully saturated rings. The topological polar surface area (TPSA) is 37.3 Å². The van der Waals surface area contributed by atoms with Crippen LogP contribution in [0, 0.1) is 5.82 Å². The number of halogens is 1. The summed E-state index contributed by atoms with van der Waals surface area (Å²) in [5, 5.41) is 2.73. The van der Waals surface area contributed by atoms with E-state index in [2.05, 4.69) is 22.9 Å². The van der Waals surface area contributed by atoms with E-state index in [9.17, 15) is 9.18 Å². The maximum absolute atomic E-state index is 14.0. The molecule has 1 aromatic heterocycles. The van der Waals surface area contributed by atoms with Gasteiger partial charge in [-0.05, 0) is 42.3 Å². The highest BCUT2D eigenvalue weighted by Gasteiger charge is 2.30. The molecule has 132 valence electrons. The molecule has 26 heavy (non-hydrogen) atoms. The Balaban J connectivity index is 1.74. The number of para-hydroxylation sites is 2. The van der Waals surface area contributed by atoms with E-state index in [1.165, 1.54) is 6.07 Å². The molecule has 2 heterocycles.